The Bertz CT molecular complexity index is 1090. The summed E-state index contributed by atoms with van der Waals surface area (Å²) in [7, 11) is 0. The Morgan fingerprint density at radius 2 is 1.96 bits per heavy atom. The Balaban J connectivity index is 1.27. The van der Waals surface area contributed by atoms with E-state index in [0.717, 1.165) is 31.3 Å². The maximum Gasteiger partial charge on any atom is 0.316 e. The summed E-state index contributed by atoms with van der Waals surface area (Å²) >= 11 is 0. The number of aromatic nitrogens is 3. The van der Waals surface area contributed by atoms with Gasteiger partial charge in [-0.1, -0.05) is 11.2 Å². The largest absolute Gasteiger partial charge is 0.403 e. The summed E-state index contributed by atoms with van der Waals surface area (Å²) in [6, 6.07) is 7.34. The molecule has 28 heavy (non-hydrogen) atoms. The highest BCUT2D eigenvalue weighted by atomic mass is 16.4. The van der Waals surface area contributed by atoms with E-state index in [4.69, 9.17) is 4.42 Å². The summed E-state index contributed by atoms with van der Waals surface area (Å²) in [5.74, 6) is 0.353. The van der Waals surface area contributed by atoms with Gasteiger partial charge in [-0.05, 0) is 49.3 Å². The lowest BCUT2D eigenvalue weighted by atomic mass is 9.94. The monoisotopic (exact) mass is 379 g/mol. The zero-order valence-electron chi connectivity index (χ0n) is 15.4. The number of carbonyl (C=O) groups is 1. The number of fused-ring (bicyclic) bond motifs is 1. The first-order chi connectivity index (χ1) is 13.6. The smallest absolute Gasteiger partial charge is 0.316 e. The molecule has 2 aliphatic rings. The van der Waals surface area contributed by atoms with E-state index in [1.54, 1.807) is 24.4 Å². The van der Waals surface area contributed by atoms with Crippen LogP contribution in [0.1, 0.15) is 25.7 Å². The summed E-state index contributed by atoms with van der Waals surface area (Å²) in [4.78, 5) is 29.0. The lowest BCUT2D eigenvalue weighted by Gasteiger charge is -2.32. The highest BCUT2D eigenvalue weighted by molar-refractivity contribution is 5.94. The molecule has 1 saturated carbocycles. The summed E-state index contributed by atoms with van der Waals surface area (Å²) in [5.41, 5.74) is 1.06. The molecule has 1 amide bonds. The van der Waals surface area contributed by atoms with Gasteiger partial charge in [-0.25, -0.2) is 0 Å². The molecule has 1 spiro atoms. The fraction of sp³-hybridized carbons (Fsp3) is 0.400. The van der Waals surface area contributed by atoms with Gasteiger partial charge in [0.15, 0.2) is 0 Å². The molecule has 1 aliphatic carbocycles. The number of anilines is 1. The van der Waals surface area contributed by atoms with Crippen LogP contribution in [-0.2, 0) is 4.79 Å². The van der Waals surface area contributed by atoms with Crippen molar-refractivity contribution in [3.8, 4) is 11.5 Å². The first kappa shape index (κ1) is 17.0. The molecule has 0 atom stereocenters. The molecule has 5 rings (SSSR count). The molecule has 0 radical (unpaired) electrons. The van der Waals surface area contributed by atoms with Crippen LogP contribution in [0.4, 0.5) is 6.01 Å². The van der Waals surface area contributed by atoms with Crippen molar-refractivity contribution < 1.29 is 9.21 Å². The van der Waals surface area contributed by atoms with Crippen LogP contribution in [-0.4, -0.2) is 45.6 Å². The average molecular weight is 379 g/mol. The number of nitrogens with zero attached hydrogens (tertiary/aromatic N) is 3. The lowest BCUT2D eigenvalue weighted by Crippen LogP contribution is -2.41. The molecule has 2 N–H and O–H groups in total. The van der Waals surface area contributed by atoms with Crippen molar-refractivity contribution in [2.24, 2.45) is 5.41 Å². The van der Waals surface area contributed by atoms with Crippen LogP contribution in [0.15, 0.2) is 39.7 Å². The van der Waals surface area contributed by atoms with Crippen molar-refractivity contribution in [3.63, 3.8) is 0 Å². The molecule has 2 fully saturated rings. The number of hydrogen-bond donors (Lipinski definition) is 2. The van der Waals surface area contributed by atoms with Crippen LogP contribution in [0.5, 0.6) is 0 Å². The topological polar surface area (TPSA) is 104 Å². The van der Waals surface area contributed by atoms with Crippen molar-refractivity contribution >= 4 is 22.7 Å². The minimum Gasteiger partial charge on any atom is -0.403 e. The molecule has 1 aliphatic heterocycles. The van der Waals surface area contributed by atoms with Gasteiger partial charge in [-0.2, -0.15) is 0 Å². The number of nitrogens with one attached hydrogen (secondary N) is 2. The minimum atomic E-state index is -0.169. The molecule has 1 saturated heterocycles. The average Bonchev–Trinajstić information content (AvgIpc) is 3.30. The van der Waals surface area contributed by atoms with Gasteiger partial charge in [0.1, 0.15) is 0 Å². The Morgan fingerprint density at radius 3 is 2.75 bits per heavy atom. The quantitative estimate of drug-likeness (QED) is 0.721. The highest BCUT2D eigenvalue weighted by Crippen LogP contribution is 2.53. The van der Waals surface area contributed by atoms with Crippen molar-refractivity contribution in [1.29, 1.82) is 0 Å². The number of piperidine rings is 1. The Hall–Kier alpha value is -3.16. The first-order valence-electron chi connectivity index (χ1n) is 9.60. The molecular formula is C20H21N5O3. The van der Waals surface area contributed by atoms with Gasteiger partial charge in [-0.15, -0.1) is 5.10 Å². The number of benzene rings is 1. The zero-order chi connectivity index (χ0) is 19.1. The van der Waals surface area contributed by atoms with E-state index in [1.807, 2.05) is 11.0 Å². The maximum atomic E-state index is 12.4. The number of hydrogen-bond acceptors (Lipinski definition) is 6. The Kier molecular flexibility index (Phi) is 3.92. The number of rotatable bonds is 4. The van der Waals surface area contributed by atoms with E-state index in [1.165, 1.54) is 12.8 Å². The predicted molar refractivity (Wildman–Crippen MR) is 104 cm³/mol. The fourth-order valence-corrected chi connectivity index (χ4v) is 3.98. The van der Waals surface area contributed by atoms with Crippen molar-refractivity contribution in [2.45, 2.75) is 25.7 Å². The molecule has 3 heterocycles. The summed E-state index contributed by atoms with van der Waals surface area (Å²) < 4.78 is 5.68. The van der Waals surface area contributed by atoms with Crippen molar-refractivity contribution in [1.82, 2.24) is 20.1 Å². The summed E-state index contributed by atoms with van der Waals surface area (Å²) in [5, 5.41) is 12.3. The molecule has 144 valence electrons. The van der Waals surface area contributed by atoms with Gasteiger partial charge in [0.25, 0.3) is 5.56 Å². The van der Waals surface area contributed by atoms with Crippen molar-refractivity contribution in [3.05, 3.63) is 40.8 Å². The standard InChI is InChI=1S/C20H21N5O3/c26-16(25-10-7-20(5-6-20)8-11-25)12-22-19-24-23-18(28-19)15-3-1-2-14-13(15)4-9-21-17(14)27/h1-4,9H,5-8,10-12H2,(H,21,27)(H,22,24). The van der Waals surface area contributed by atoms with Gasteiger partial charge in [0.05, 0.1) is 6.54 Å². The third-order valence-corrected chi connectivity index (χ3v) is 6.00. The molecule has 3 aromatic rings. The van der Waals surface area contributed by atoms with Gasteiger partial charge in [0.2, 0.25) is 11.8 Å². The molecule has 1 aromatic carbocycles. The number of amides is 1. The highest BCUT2D eigenvalue weighted by Gasteiger charge is 2.44. The van der Waals surface area contributed by atoms with Crippen LogP contribution < -0.4 is 10.9 Å². The maximum absolute atomic E-state index is 12.4. The number of H-pyrrole nitrogens is 1. The van der Waals surface area contributed by atoms with Crippen LogP contribution in [0.25, 0.3) is 22.2 Å². The molecule has 2 aromatic heterocycles. The normalized spacial score (nSPS) is 17.8. The van der Waals surface area contributed by atoms with E-state index in [2.05, 4.69) is 20.5 Å². The van der Waals surface area contributed by atoms with E-state index < -0.39 is 0 Å². The predicted octanol–water partition coefficient (Wildman–Crippen LogP) is 2.39. The zero-order valence-corrected chi connectivity index (χ0v) is 15.4. The van der Waals surface area contributed by atoms with Gasteiger partial charge in [-0.3, -0.25) is 9.59 Å². The van der Waals surface area contributed by atoms with E-state index in [0.29, 0.717) is 22.3 Å². The summed E-state index contributed by atoms with van der Waals surface area (Å²) in [6.45, 7) is 1.80. The number of likely N-dealkylation sites (tertiary alicyclic amines) is 1. The Labute approximate surface area is 160 Å². The number of carbonyl (C=O) groups excluding carboxylic acids is 1. The van der Waals surface area contributed by atoms with Gasteiger partial charge in [0, 0.05) is 35.6 Å². The van der Waals surface area contributed by atoms with Gasteiger partial charge >= 0.3 is 6.01 Å². The van der Waals surface area contributed by atoms with E-state index >= 15 is 0 Å². The minimum absolute atomic E-state index is 0.0481. The fourth-order valence-electron chi connectivity index (χ4n) is 3.98. The molecule has 8 heteroatoms. The Morgan fingerprint density at radius 1 is 1.14 bits per heavy atom. The summed E-state index contributed by atoms with van der Waals surface area (Å²) in [6.07, 6.45) is 6.45. The van der Waals surface area contributed by atoms with E-state index in [9.17, 15) is 9.59 Å². The van der Waals surface area contributed by atoms with Crippen LogP contribution in [0.2, 0.25) is 0 Å². The van der Waals surface area contributed by atoms with E-state index in [-0.39, 0.29) is 24.0 Å². The molecule has 0 unspecified atom stereocenters. The number of aromatic amines is 1. The molecule has 0 bridgehead atoms. The molecule has 8 nitrogen and oxygen atoms in total. The molecular weight excluding hydrogens is 358 g/mol. The van der Waals surface area contributed by atoms with Crippen LogP contribution >= 0.6 is 0 Å². The third-order valence-electron chi connectivity index (χ3n) is 6.00. The van der Waals surface area contributed by atoms with Crippen molar-refractivity contribution in [2.75, 3.05) is 25.0 Å². The van der Waals surface area contributed by atoms with Gasteiger partial charge < -0.3 is 19.6 Å². The second-order valence-electron chi connectivity index (χ2n) is 7.72. The number of pyridine rings is 1. The SMILES string of the molecule is O=C(CNc1nnc(-c2cccc3c(=O)[nH]ccc23)o1)N1CCC2(CC1)CC2. The second-order valence-corrected chi connectivity index (χ2v) is 7.72. The second kappa shape index (κ2) is 6.47. The van der Waals surface area contributed by atoms with Crippen LogP contribution in [0, 0.1) is 5.41 Å². The third kappa shape index (κ3) is 3.04. The van der Waals surface area contributed by atoms with Crippen LogP contribution in [0.3, 0.4) is 0 Å². The lowest BCUT2D eigenvalue weighted by molar-refractivity contribution is -0.130. The first-order valence-corrected chi connectivity index (χ1v) is 9.60.